The van der Waals surface area contributed by atoms with Crippen molar-refractivity contribution >= 4 is 24.2 Å². The minimum Gasteiger partial charge on any atom is -0.477 e. The number of esters is 1. The molecule has 0 amide bonds. The summed E-state index contributed by atoms with van der Waals surface area (Å²) < 4.78 is 26.0. The van der Waals surface area contributed by atoms with E-state index in [2.05, 4.69) is 5.32 Å². The zero-order chi connectivity index (χ0) is 27.5. The molecule has 1 aromatic rings. The Morgan fingerprint density at radius 2 is 1.42 bits per heavy atom. The highest BCUT2D eigenvalue weighted by atomic mass is 16.7. The van der Waals surface area contributed by atoms with Crippen LogP contribution in [0.15, 0.2) is 18.2 Å². The SMILES string of the molecule is CCC(C)N[C@@](Cc1ccc(OC(=O)OC(C)CC)c(OC(=O)OC(C)CC)c1)(OC(C)=O)C(=O)O. The van der Waals surface area contributed by atoms with Gasteiger partial charge in [0.05, 0.1) is 0 Å². The molecule has 0 radical (unpaired) electrons. The van der Waals surface area contributed by atoms with Gasteiger partial charge in [-0.05, 0) is 57.7 Å². The molecule has 11 heteroatoms. The molecule has 0 bridgehead atoms. The summed E-state index contributed by atoms with van der Waals surface area (Å²) in [4.78, 5) is 48.5. The summed E-state index contributed by atoms with van der Waals surface area (Å²) in [6.45, 7) is 11.7. The molecule has 0 aromatic heterocycles. The van der Waals surface area contributed by atoms with E-state index in [0.29, 0.717) is 24.8 Å². The van der Waals surface area contributed by atoms with Crippen LogP contribution >= 0.6 is 0 Å². The number of hydrogen-bond donors (Lipinski definition) is 2. The number of carbonyl (C=O) groups excluding carboxylic acids is 3. The summed E-state index contributed by atoms with van der Waals surface area (Å²) in [5.74, 6) is -2.55. The Morgan fingerprint density at radius 1 is 0.889 bits per heavy atom. The highest BCUT2D eigenvalue weighted by Gasteiger charge is 2.43. The van der Waals surface area contributed by atoms with Gasteiger partial charge in [0.25, 0.3) is 5.72 Å². The first-order chi connectivity index (χ1) is 16.8. The van der Waals surface area contributed by atoms with Crippen molar-refractivity contribution in [2.45, 2.75) is 98.1 Å². The van der Waals surface area contributed by atoms with E-state index in [9.17, 15) is 24.3 Å². The highest BCUT2D eigenvalue weighted by molar-refractivity contribution is 5.81. The number of ether oxygens (including phenoxy) is 5. The van der Waals surface area contributed by atoms with Crippen molar-refractivity contribution in [3.63, 3.8) is 0 Å². The van der Waals surface area contributed by atoms with Gasteiger partial charge in [-0.3, -0.25) is 10.1 Å². The predicted molar refractivity (Wildman–Crippen MR) is 129 cm³/mol. The zero-order valence-corrected chi connectivity index (χ0v) is 21.9. The van der Waals surface area contributed by atoms with Crippen LogP contribution in [0, 0.1) is 0 Å². The fraction of sp³-hybridized carbons (Fsp3) is 0.600. The van der Waals surface area contributed by atoms with Gasteiger partial charge in [0.1, 0.15) is 12.2 Å². The van der Waals surface area contributed by atoms with Crippen LogP contribution in [0.3, 0.4) is 0 Å². The average molecular weight is 512 g/mol. The number of rotatable bonds is 13. The summed E-state index contributed by atoms with van der Waals surface area (Å²) in [6.07, 6.45) is -1.51. The van der Waals surface area contributed by atoms with Crippen LogP contribution < -0.4 is 14.8 Å². The molecule has 4 atom stereocenters. The van der Waals surface area contributed by atoms with Crippen molar-refractivity contribution in [1.82, 2.24) is 5.32 Å². The molecular weight excluding hydrogens is 474 g/mol. The molecule has 0 saturated carbocycles. The van der Waals surface area contributed by atoms with Gasteiger partial charge < -0.3 is 28.8 Å². The van der Waals surface area contributed by atoms with Crippen molar-refractivity contribution in [3.05, 3.63) is 23.8 Å². The molecule has 0 aliphatic rings. The van der Waals surface area contributed by atoms with Gasteiger partial charge in [0.2, 0.25) is 0 Å². The second-order valence-electron chi connectivity index (χ2n) is 8.51. The molecule has 2 N–H and O–H groups in total. The molecule has 0 aliphatic carbocycles. The monoisotopic (exact) mass is 511 g/mol. The molecule has 0 saturated heterocycles. The first-order valence-electron chi connectivity index (χ1n) is 12.0. The maximum atomic E-state index is 12.3. The fourth-order valence-electron chi connectivity index (χ4n) is 2.88. The van der Waals surface area contributed by atoms with E-state index in [1.54, 1.807) is 20.8 Å². The van der Waals surface area contributed by atoms with Gasteiger partial charge >= 0.3 is 24.2 Å². The quantitative estimate of drug-likeness (QED) is 0.166. The summed E-state index contributed by atoms with van der Waals surface area (Å²) >= 11 is 0. The van der Waals surface area contributed by atoms with E-state index >= 15 is 0 Å². The largest absolute Gasteiger partial charge is 0.514 e. The number of carboxylic acid groups (broad SMARTS) is 1. The maximum Gasteiger partial charge on any atom is 0.514 e. The molecule has 0 aliphatic heterocycles. The molecule has 0 heterocycles. The Bertz CT molecular complexity index is 918. The Kier molecular flexibility index (Phi) is 12.2. The molecule has 11 nitrogen and oxygen atoms in total. The summed E-state index contributed by atoms with van der Waals surface area (Å²) in [7, 11) is 0. The predicted octanol–water partition coefficient (Wildman–Crippen LogP) is 4.59. The summed E-state index contributed by atoms with van der Waals surface area (Å²) in [6, 6.07) is 3.78. The van der Waals surface area contributed by atoms with E-state index in [-0.39, 0.29) is 24.0 Å². The number of benzene rings is 1. The molecular formula is C25H37NO10. The van der Waals surface area contributed by atoms with Gasteiger partial charge in [-0.25, -0.2) is 14.4 Å². The number of nitrogens with one attached hydrogen (secondary N) is 1. The lowest BCUT2D eigenvalue weighted by molar-refractivity contribution is -0.183. The molecule has 202 valence electrons. The number of carbonyl (C=O) groups is 4. The van der Waals surface area contributed by atoms with Gasteiger partial charge in [-0.15, -0.1) is 0 Å². The van der Waals surface area contributed by atoms with Gasteiger partial charge in [-0.2, -0.15) is 0 Å². The van der Waals surface area contributed by atoms with Crippen LogP contribution in [0.2, 0.25) is 0 Å². The molecule has 1 rings (SSSR count). The third-order valence-corrected chi connectivity index (χ3v) is 5.35. The lowest BCUT2D eigenvalue weighted by atomic mass is 10.00. The normalized spacial score (nSPS) is 15.0. The van der Waals surface area contributed by atoms with Gasteiger partial charge in [-0.1, -0.05) is 26.8 Å². The average Bonchev–Trinajstić information content (AvgIpc) is 2.79. The molecule has 1 aromatic carbocycles. The van der Waals surface area contributed by atoms with Crippen LogP contribution in [-0.2, 0) is 30.2 Å². The second kappa shape index (κ2) is 14.3. The van der Waals surface area contributed by atoms with E-state index in [1.807, 2.05) is 20.8 Å². The smallest absolute Gasteiger partial charge is 0.477 e. The number of hydrogen-bond acceptors (Lipinski definition) is 10. The highest BCUT2D eigenvalue weighted by Crippen LogP contribution is 2.31. The van der Waals surface area contributed by atoms with Crippen LogP contribution in [0.25, 0.3) is 0 Å². The van der Waals surface area contributed by atoms with Crippen LogP contribution in [0.1, 0.15) is 73.3 Å². The van der Waals surface area contributed by atoms with Crippen molar-refractivity contribution in [3.8, 4) is 11.5 Å². The van der Waals surface area contributed by atoms with Crippen molar-refractivity contribution in [2.24, 2.45) is 0 Å². The molecule has 0 fully saturated rings. The standard InChI is InChI=1S/C25H37NO10/c1-8-15(4)26-25(22(28)29,36-18(7)27)14-19-11-12-20(34-23(30)32-16(5)9-2)21(13-19)35-24(31)33-17(6)10-3/h11-13,15-17,26H,8-10,14H2,1-7H3,(H,28,29)/t15?,16?,17?,25-/m0/s1. The Hall–Kier alpha value is -3.34. The van der Waals surface area contributed by atoms with Crippen molar-refractivity contribution in [2.75, 3.05) is 0 Å². The Morgan fingerprint density at radius 3 is 1.86 bits per heavy atom. The number of carboxylic acids is 1. The maximum absolute atomic E-state index is 12.3. The Labute approximate surface area is 211 Å². The van der Waals surface area contributed by atoms with E-state index in [4.69, 9.17) is 23.7 Å². The van der Waals surface area contributed by atoms with Crippen LogP contribution in [0.4, 0.5) is 9.59 Å². The topological polar surface area (TPSA) is 147 Å². The zero-order valence-electron chi connectivity index (χ0n) is 21.9. The van der Waals surface area contributed by atoms with E-state index < -0.39 is 42.2 Å². The van der Waals surface area contributed by atoms with E-state index in [1.165, 1.54) is 18.2 Å². The van der Waals surface area contributed by atoms with Gasteiger partial charge in [0.15, 0.2) is 11.5 Å². The first kappa shape index (κ1) is 30.7. The lowest BCUT2D eigenvalue weighted by Gasteiger charge is -2.32. The lowest BCUT2D eigenvalue weighted by Crippen LogP contribution is -2.59. The van der Waals surface area contributed by atoms with Crippen molar-refractivity contribution < 1.29 is 48.0 Å². The third-order valence-electron chi connectivity index (χ3n) is 5.35. The van der Waals surface area contributed by atoms with Crippen molar-refractivity contribution in [1.29, 1.82) is 0 Å². The Balaban J connectivity index is 3.39. The number of aliphatic carboxylic acids is 1. The van der Waals surface area contributed by atoms with Gasteiger partial charge in [0, 0.05) is 19.4 Å². The molecule has 0 spiro atoms. The van der Waals surface area contributed by atoms with Crippen LogP contribution in [0.5, 0.6) is 11.5 Å². The molecule has 3 unspecified atom stereocenters. The fourth-order valence-corrected chi connectivity index (χ4v) is 2.88. The summed E-state index contributed by atoms with van der Waals surface area (Å²) in [5.41, 5.74) is -1.78. The summed E-state index contributed by atoms with van der Waals surface area (Å²) in [5, 5.41) is 12.8. The minimum absolute atomic E-state index is 0.142. The third kappa shape index (κ3) is 9.73. The second-order valence-corrected chi connectivity index (χ2v) is 8.51. The minimum atomic E-state index is -2.09. The first-order valence-corrected chi connectivity index (χ1v) is 12.0. The van der Waals surface area contributed by atoms with Crippen LogP contribution in [-0.4, -0.2) is 53.3 Å². The van der Waals surface area contributed by atoms with E-state index in [0.717, 1.165) is 6.92 Å². The molecule has 36 heavy (non-hydrogen) atoms.